The first-order valence-corrected chi connectivity index (χ1v) is 10.3. The average molecular weight is 418 g/mol. The van der Waals surface area contributed by atoms with Gasteiger partial charge in [0.25, 0.3) is 0 Å². The molecule has 0 aliphatic rings. The number of halogens is 1. The molecule has 0 spiro atoms. The molecule has 150 valence electrons. The molecule has 1 amide bonds. The first-order valence-electron chi connectivity index (χ1n) is 9.34. The minimum absolute atomic E-state index is 0.150. The summed E-state index contributed by atoms with van der Waals surface area (Å²) in [4.78, 5) is 12.3. The Morgan fingerprint density at radius 3 is 2.33 bits per heavy atom. The molecule has 0 radical (unpaired) electrons. The average Bonchev–Trinajstić information content (AvgIpc) is 3.14. The van der Waals surface area contributed by atoms with Crippen LogP contribution in [0.15, 0.2) is 84.0 Å². The van der Waals surface area contributed by atoms with Gasteiger partial charge >= 0.3 is 0 Å². The molecule has 0 fully saturated rings. The van der Waals surface area contributed by atoms with Crippen LogP contribution >= 0.6 is 11.8 Å². The largest absolute Gasteiger partial charge is 0.325 e. The Balaban J connectivity index is 1.37. The third-order valence-corrected chi connectivity index (χ3v) is 5.58. The second-order valence-electron chi connectivity index (χ2n) is 6.63. The topological polar surface area (TPSA) is 59.8 Å². The zero-order chi connectivity index (χ0) is 20.9. The second-order valence-corrected chi connectivity index (χ2v) is 7.57. The number of nitrogens with zero attached hydrogens (tertiary/aromatic N) is 3. The SMILES string of the molecule is Cn1c(SCC(=O)Nc2ccc(-c3ccccc3)cc2)nnc1-c1ccccc1F. The zero-order valence-electron chi connectivity index (χ0n) is 16.2. The predicted octanol–water partition coefficient (Wildman–Crippen LogP) is 5.02. The Hall–Kier alpha value is -3.45. The van der Waals surface area contributed by atoms with Gasteiger partial charge in [0.05, 0.1) is 11.3 Å². The molecule has 0 saturated carbocycles. The molecule has 0 aliphatic carbocycles. The van der Waals surface area contributed by atoms with E-state index in [1.807, 2.05) is 54.6 Å². The van der Waals surface area contributed by atoms with Crippen molar-refractivity contribution < 1.29 is 9.18 Å². The minimum Gasteiger partial charge on any atom is -0.325 e. The summed E-state index contributed by atoms with van der Waals surface area (Å²) in [5.74, 6) is 0.0839. The highest BCUT2D eigenvalue weighted by atomic mass is 32.2. The molecular weight excluding hydrogens is 399 g/mol. The molecule has 5 nitrogen and oxygen atoms in total. The van der Waals surface area contributed by atoms with Gasteiger partial charge in [-0.15, -0.1) is 10.2 Å². The number of nitrogens with one attached hydrogen (secondary N) is 1. The Morgan fingerprint density at radius 1 is 0.933 bits per heavy atom. The molecule has 0 atom stereocenters. The van der Waals surface area contributed by atoms with Crippen molar-refractivity contribution in [1.29, 1.82) is 0 Å². The van der Waals surface area contributed by atoms with Crippen molar-refractivity contribution in [2.24, 2.45) is 7.05 Å². The first-order chi connectivity index (χ1) is 14.6. The summed E-state index contributed by atoms with van der Waals surface area (Å²) in [6, 6.07) is 24.2. The van der Waals surface area contributed by atoms with Crippen LogP contribution in [0, 0.1) is 5.82 Å². The van der Waals surface area contributed by atoms with Crippen LogP contribution < -0.4 is 5.32 Å². The van der Waals surface area contributed by atoms with E-state index in [2.05, 4.69) is 15.5 Å². The maximum atomic E-state index is 14.0. The summed E-state index contributed by atoms with van der Waals surface area (Å²) < 4.78 is 15.7. The number of benzene rings is 3. The second kappa shape index (κ2) is 8.92. The fourth-order valence-corrected chi connectivity index (χ4v) is 3.73. The van der Waals surface area contributed by atoms with Crippen LogP contribution in [0.1, 0.15) is 0 Å². The molecule has 3 aromatic carbocycles. The van der Waals surface area contributed by atoms with Gasteiger partial charge in [0.2, 0.25) is 5.91 Å². The number of aromatic nitrogens is 3. The van der Waals surface area contributed by atoms with E-state index in [9.17, 15) is 9.18 Å². The molecule has 1 heterocycles. The quantitative estimate of drug-likeness (QED) is 0.447. The van der Waals surface area contributed by atoms with Crippen molar-refractivity contribution in [2.45, 2.75) is 5.16 Å². The van der Waals surface area contributed by atoms with Gasteiger partial charge in [0, 0.05) is 12.7 Å². The van der Waals surface area contributed by atoms with Crippen molar-refractivity contribution >= 4 is 23.4 Å². The molecule has 4 rings (SSSR count). The number of anilines is 1. The van der Waals surface area contributed by atoms with E-state index in [4.69, 9.17) is 0 Å². The molecule has 0 unspecified atom stereocenters. The molecule has 4 aromatic rings. The zero-order valence-corrected chi connectivity index (χ0v) is 17.1. The Kier molecular flexibility index (Phi) is 5.90. The summed E-state index contributed by atoms with van der Waals surface area (Å²) in [6.45, 7) is 0. The lowest BCUT2D eigenvalue weighted by atomic mass is 10.1. The third kappa shape index (κ3) is 4.41. The highest BCUT2D eigenvalue weighted by molar-refractivity contribution is 7.99. The molecule has 0 aliphatic heterocycles. The summed E-state index contributed by atoms with van der Waals surface area (Å²) >= 11 is 1.25. The highest BCUT2D eigenvalue weighted by Crippen LogP contribution is 2.25. The van der Waals surface area contributed by atoms with Crippen molar-refractivity contribution in [2.75, 3.05) is 11.1 Å². The van der Waals surface area contributed by atoms with Crippen LogP contribution in [0.4, 0.5) is 10.1 Å². The van der Waals surface area contributed by atoms with Crippen LogP contribution in [0.5, 0.6) is 0 Å². The van der Waals surface area contributed by atoms with E-state index in [1.165, 1.54) is 17.8 Å². The van der Waals surface area contributed by atoms with Gasteiger partial charge < -0.3 is 9.88 Å². The van der Waals surface area contributed by atoms with Crippen LogP contribution in [-0.4, -0.2) is 26.4 Å². The monoisotopic (exact) mass is 418 g/mol. The molecule has 30 heavy (non-hydrogen) atoms. The molecule has 1 N–H and O–H groups in total. The highest BCUT2D eigenvalue weighted by Gasteiger charge is 2.15. The van der Waals surface area contributed by atoms with Gasteiger partial charge in [0.1, 0.15) is 5.82 Å². The van der Waals surface area contributed by atoms with E-state index in [1.54, 1.807) is 29.8 Å². The smallest absolute Gasteiger partial charge is 0.234 e. The molecule has 7 heteroatoms. The van der Waals surface area contributed by atoms with Gasteiger partial charge in [-0.2, -0.15) is 0 Å². The maximum Gasteiger partial charge on any atom is 0.234 e. The number of carbonyl (C=O) groups is 1. The van der Waals surface area contributed by atoms with E-state index in [0.29, 0.717) is 16.5 Å². The maximum absolute atomic E-state index is 14.0. The van der Waals surface area contributed by atoms with E-state index < -0.39 is 0 Å². The Morgan fingerprint density at radius 2 is 1.60 bits per heavy atom. The summed E-state index contributed by atoms with van der Waals surface area (Å²) in [5.41, 5.74) is 3.31. The van der Waals surface area contributed by atoms with Gasteiger partial charge in [0.15, 0.2) is 11.0 Å². The minimum atomic E-state index is -0.360. The van der Waals surface area contributed by atoms with Gasteiger partial charge in [-0.25, -0.2) is 4.39 Å². The van der Waals surface area contributed by atoms with Crippen LogP contribution in [-0.2, 0) is 11.8 Å². The summed E-state index contributed by atoms with van der Waals surface area (Å²) in [7, 11) is 1.75. The number of amides is 1. The fraction of sp³-hybridized carbons (Fsp3) is 0.0870. The predicted molar refractivity (Wildman–Crippen MR) is 118 cm³/mol. The van der Waals surface area contributed by atoms with Crippen molar-refractivity contribution in [3.8, 4) is 22.5 Å². The fourth-order valence-electron chi connectivity index (χ4n) is 3.02. The van der Waals surface area contributed by atoms with Gasteiger partial charge in [-0.05, 0) is 35.4 Å². The number of rotatable bonds is 6. The normalized spacial score (nSPS) is 10.7. The number of hydrogen-bond acceptors (Lipinski definition) is 4. The van der Waals surface area contributed by atoms with Gasteiger partial charge in [-0.1, -0.05) is 66.4 Å². The Bertz CT molecular complexity index is 1160. The van der Waals surface area contributed by atoms with Crippen molar-refractivity contribution in [3.63, 3.8) is 0 Å². The van der Waals surface area contributed by atoms with E-state index >= 15 is 0 Å². The van der Waals surface area contributed by atoms with Gasteiger partial charge in [-0.3, -0.25) is 4.79 Å². The molecule has 0 bridgehead atoms. The van der Waals surface area contributed by atoms with E-state index in [-0.39, 0.29) is 17.5 Å². The third-order valence-electron chi connectivity index (χ3n) is 4.56. The molecule has 0 saturated heterocycles. The lowest BCUT2D eigenvalue weighted by Gasteiger charge is -2.07. The lowest BCUT2D eigenvalue weighted by Crippen LogP contribution is -2.14. The lowest BCUT2D eigenvalue weighted by molar-refractivity contribution is -0.113. The molecule has 1 aromatic heterocycles. The van der Waals surface area contributed by atoms with Crippen molar-refractivity contribution in [1.82, 2.24) is 14.8 Å². The number of thioether (sulfide) groups is 1. The number of hydrogen-bond donors (Lipinski definition) is 1. The van der Waals surface area contributed by atoms with E-state index in [0.717, 1.165) is 16.8 Å². The number of carbonyl (C=O) groups excluding carboxylic acids is 1. The van der Waals surface area contributed by atoms with Crippen molar-refractivity contribution in [3.05, 3.63) is 84.7 Å². The standard InChI is InChI=1S/C23H19FN4OS/c1-28-22(19-9-5-6-10-20(19)24)26-27-23(28)30-15-21(29)25-18-13-11-17(12-14-18)16-7-3-2-4-8-16/h2-14H,15H2,1H3,(H,25,29). The van der Waals surface area contributed by atoms with Crippen LogP contribution in [0.25, 0.3) is 22.5 Å². The summed E-state index contributed by atoms with van der Waals surface area (Å²) in [5, 5.41) is 11.6. The van der Waals surface area contributed by atoms with Crippen LogP contribution in [0.2, 0.25) is 0 Å². The molecular formula is C23H19FN4OS. The Labute approximate surface area is 178 Å². The summed E-state index contributed by atoms with van der Waals surface area (Å²) in [6.07, 6.45) is 0. The van der Waals surface area contributed by atoms with Crippen LogP contribution in [0.3, 0.4) is 0 Å². The first kappa shape index (κ1) is 19.8.